The van der Waals surface area contributed by atoms with Crippen LogP contribution in [-0.2, 0) is 0 Å². The van der Waals surface area contributed by atoms with Gasteiger partial charge in [-0.15, -0.1) is 0 Å². The highest BCUT2D eigenvalue weighted by Gasteiger charge is 2.17. The van der Waals surface area contributed by atoms with Crippen LogP contribution in [0.4, 0.5) is 0 Å². The fraction of sp³-hybridized carbons (Fsp3) is 1.00. The maximum atomic E-state index is 5.62. The van der Waals surface area contributed by atoms with Gasteiger partial charge in [0, 0.05) is 12.6 Å². The van der Waals surface area contributed by atoms with Gasteiger partial charge in [-0.2, -0.15) is 0 Å². The van der Waals surface area contributed by atoms with Gasteiger partial charge in [-0.05, 0) is 12.5 Å². The van der Waals surface area contributed by atoms with E-state index in [4.69, 9.17) is 5.73 Å². The Labute approximate surface area is 44.1 Å². The number of hydrogen-bond donors (Lipinski definition) is 2. The minimum Gasteiger partial charge on any atom is -0.326 e. The molecule has 1 aliphatic rings. The molecule has 3 N–H and O–H groups in total. The van der Waals surface area contributed by atoms with Gasteiger partial charge in [0.15, 0.2) is 0 Å². The van der Waals surface area contributed by atoms with Crippen LogP contribution in [0.25, 0.3) is 0 Å². The molecule has 1 fully saturated rings. The summed E-state index contributed by atoms with van der Waals surface area (Å²) in [5.74, 6) is 0.681. The Morgan fingerprint density at radius 3 is 2.43 bits per heavy atom. The second-order valence-electron chi connectivity index (χ2n) is 2.30. The summed E-state index contributed by atoms with van der Waals surface area (Å²) in [6.45, 7) is 4.27. The second kappa shape index (κ2) is 1.80. The molecule has 0 bridgehead atoms. The van der Waals surface area contributed by atoms with E-state index in [1.54, 1.807) is 0 Å². The van der Waals surface area contributed by atoms with E-state index in [2.05, 4.69) is 12.2 Å². The highest BCUT2D eigenvalue weighted by atomic mass is 15.0. The highest BCUT2D eigenvalue weighted by molar-refractivity contribution is 4.79. The zero-order chi connectivity index (χ0) is 5.28. The fourth-order valence-electron chi connectivity index (χ4n) is 0.830. The van der Waals surface area contributed by atoms with Crippen molar-refractivity contribution < 1.29 is 0 Å². The van der Waals surface area contributed by atoms with Crippen molar-refractivity contribution in [3.63, 3.8) is 0 Å². The van der Waals surface area contributed by atoms with E-state index in [-0.39, 0.29) is 0 Å². The minimum atomic E-state index is 0.403. The maximum Gasteiger partial charge on any atom is 0.0203 e. The summed E-state index contributed by atoms with van der Waals surface area (Å²) in [4.78, 5) is 0. The normalized spacial score (nSPS) is 42.0. The number of nitrogens with two attached hydrogens (primary N) is 1. The number of hydrogen-bond acceptors (Lipinski definition) is 2. The molecule has 2 atom stereocenters. The average molecular weight is 100 g/mol. The van der Waals surface area contributed by atoms with Crippen molar-refractivity contribution in [1.82, 2.24) is 5.32 Å². The smallest absolute Gasteiger partial charge is 0.0203 e. The third kappa shape index (κ3) is 0.924. The quantitative estimate of drug-likeness (QED) is 0.433. The minimum absolute atomic E-state index is 0.403. The lowest BCUT2D eigenvalue weighted by molar-refractivity contribution is 0.565. The molecule has 1 unspecified atom stereocenters. The van der Waals surface area contributed by atoms with Gasteiger partial charge < -0.3 is 11.1 Å². The molecule has 1 rings (SSSR count). The summed E-state index contributed by atoms with van der Waals surface area (Å²) >= 11 is 0. The Morgan fingerprint density at radius 1 is 1.57 bits per heavy atom. The van der Waals surface area contributed by atoms with E-state index in [0.29, 0.717) is 12.0 Å². The van der Waals surface area contributed by atoms with Crippen molar-refractivity contribution in [2.75, 3.05) is 13.1 Å². The molecule has 0 aliphatic carbocycles. The Hall–Kier alpha value is -0.0800. The van der Waals surface area contributed by atoms with Crippen LogP contribution in [-0.4, -0.2) is 19.1 Å². The third-order valence-electron chi connectivity index (χ3n) is 1.58. The van der Waals surface area contributed by atoms with Gasteiger partial charge in [-0.1, -0.05) is 6.92 Å². The summed E-state index contributed by atoms with van der Waals surface area (Å²) in [6.07, 6.45) is 0. The van der Waals surface area contributed by atoms with Crippen molar-refractivity contribution in [1.29, 1.82) is 0 Å². The lowest BCUT2D eigenvalue weighted by atomic mass is 10.1. The first-order chi connectivity index (χ1) is 3.30. The van der Waals surface area contributed by atoms with Crippen LogP contribution in [0.1, 0.15) is 6.92 Å². The molecule has 0 radical (unpaired) electrons. The molecular formula is C5H12N2. The Balaban J connectivity index is 2.33. The molecule has 0 aromatic heterocycles. The summed E-state index contributed by atoms with van der Waals surface area (Å²) in [5, 5.41) is 3.20. The molecular weight excluding hydrogens is 88.1 g/mol. The van der Waals surface area contributed by atoms with Gasteiger partial charge in [-0.25, -0.2) is 0 Å². The third-order valence-corrected chi connectivity index (χ3v) is 1.58. The maximum absolute atomic E-state index is 5.62. The van der Waals surface area contributed by atoms with E-state index in [0.717, 1.165) is 13.1 Å². The monoisotopic (exact) mass is 100 g/mol. The van der Waals surface area contributed by atoms with Crippen LogP contribution >= 0.6 is 0 Å². The van der Waals surface area contributed by atoms with Crippen LogP contribution in [0.15, 0.2) is 0 Å². The summed E-state index contributed by atoms with van der Waals surface area (Å²) < 4.78 is 0. The number of rotatable bonds is 0. The van der Waals surface area contributed by atoms with Crippen molar-refractivity contribution in [2.45, 2.75) is 13.0 Å². The first kappa shape index (κ1) is 5.06. The van der Waals surface area contributed by atoms with Gasteiger partial charge in [0.25, 0.3) is 0 Å². The first-order valence-corrected chi connectivity index (χ1v) is 2.77. The molecule has 42 valence electrons. The zero-order valence-electron chi connectivity index (χ0n) is 4.65. The van der Waals surface area contributed by atoms with Gasteiger partial charge in [0.1, 0.15) is 0 Å². The van der Waals surface area contributed by atoms with Gasteiger partial charge in [0.2, 0.25) is 0 Å². The molecule has 2 nitrogen and oxygen atoms in total. The first-order valence-electron chi connectivity index (χ1n) is 2.77. The van der Waals surface area contributed by atoms with E-state index >= 15 is 0 Å². The number of nitrogens with one attached hydrogen (secondary N) is 1. The molecule has 1 heterocycles. The van der Waals surface area contributed by atoms with Gasteiger partial charge >= 0.3 is 0 Å². The molecule has 0 aromatic rings. The molecule has 0 amide bonds. The summed E-state index contributed by atoms with van der Waals surface area (Å²) in [5.41, 5.74) is 5.62. The second-order valence-corrected chi connectivity index (χ2v) is 2.30. The standard InChI is InChI=1S/C5H12N2/c1-4-2-7-3-5(4)6/h4-5,7H,2-3,6H2,1H3/t4?,5-/m0/s1. The molecule has 7 heavy (non-hydrogen) atoms. The summed E-state index contributed by atoms with van der Waals surface area (Å²) in [7, 11) is 0. The largest absolute Gasteiger partial charge is 0.326 e. The zero-order valence-corrected chi connectivity index (χ0v) is 4.65. The molecule has 0 saturated carbocycles. The average Bonchev–Trinajstić information content (AvgIpc) is 1.91. The van der Waals surface area contributed by atoms with E-state index in [1.165, 1.54) is 0 Å². The Bertz CT molecular complexity index is 55.1. The fourth-order valence-corrected chi connectivity index (χ4v) is 0.830. The SMILES string of the molecule is CC1CNC[C@@H]1N. The van der Waals surface area contributed by atoms with Crippen LogP contribution in [0.3, 0.4) is 0 Å². The van der Waals surface area contributed by atoms with Crippen molar-refractivity contribution in [3.05, 3.63) is 0 Å². The van der Waals surface area contributed by atoms with Crippen molar-refractivity contribution in [3.8, 4) is 0 Å². The molecule has 0 spiro atoms. The van der Waals surface area contributed by atoms with E-state index in [1.807, 2.05) is 0 Å². The lowest BCUT2D eigenvalue weighted by Gasteiger charge is -2.03. The predicted octanol–water partition coefficient (Wildman–Crippen LogP) is -0.447. The highest BCUT2D eigenvalue weighted by Crippen LogP contribution is 2.02. The molecule has 1 aliphatic heterocycles. The predicted molar refractivity (Wildman–Crippen MR) is 30.0 cm³/mol. The van der Waals surface area contributed by atoms with Crippen molar-refractivity contribution >= 4 is 0 Å². The topological polar surface area (TPSA) is 38.0 Å². The van der Waals surface area contributed by atoms with E-state index in [9.17, 15) is 0 Å². The lowest BCUT2D eigenvalue weighted by Crippen LogP contribution is -2.26. The van der Waals surface area contributed by atoms with E-state index < -0.39 is 0 Å². The van der Waals surface area contributed by atoms with Crippen molar-refractivity contribution in [2.24, 2.45) is 11.7 Å². The van der Waals surface area contributed by atoms with Gasteiger partial charge in [-0.3, -0.25) is 0 Å². The molecule has 0 aromatic carbocycles. The van der Waals surface area contributed by atoms with Crippen LogP contribution in [0.2, 0.25) is 0 Å². The Morgan fingerprint density at radius 2 is 2.29 bits per heavy atom. The van der Waals surface area contributed by atoms with Crippen LogP contribution in [0.5, 0.6) is 0 Å². The van der Waals surface area contributed by atoms with Gasteiger partial charge in [0.05, 0.1) is 0 Å². The summed E-state index contributed by atoms with van der Waals surface area (Å²) in [6, 6.07) is 0.403. The Kier molecular flexibility index (Phi) is 1.30. The molecule has 1 saturated heterocycles. The molecule has 2 heteroatoms. The van der Waals surface area contributed by atoms with Crippen LogP contribution < -0.4 is 11.1 Å². The van der Waals surface area contributed by atoms with Crippen LogP contribution in [0, 0.1) is 5.92 Å².